The number of piperazine rings is 1. The summed E-state index contributed by atoms with van der Waals surface area (Å²) in [6.07, 6.45) is 0. The second-order valence-electron chi connectivity index (χ2n) is 7.00. The van der Waals surface area contributed by atoms with Crippen LogP contribution in [0.1, 0.15) is 12.5 Å². The van der Waals surface area contributed by atoms with E-state index in [4.69, 9.17) is 9.72 Å². The van der Waals surface area contributed by atoms with E-state index in [-0.39, 0.29) is 5.91 Å². The van der Waals surface area contributed by atoms with Crippen LogP contribution in [0.15, 0.2) is 47.4 Å². The van der Waals surface area contributed by atoms with Gasteiger partial charge in [0.15, 0.2) is 5.13 Å². The van der Waals surface area contributed by atoms with Crippen LogP contribution in [-0.4, -0.2) is 54.3 Å². The minimum absolute atomic E-state index is 0.207. The molecule has 3 aromatic rings. The van der Waals surface area contributed by atoms with Crippen molar-refractivity contribution in [2.24, 2.45) is 0 Å². The highest BCUT2D eigenvalue weighted by Crippen LogP contribution is 2.34. The van der Waals surface area contributed by atoms with Crippen LogP contribution in [0.25, 0.3) is 10.2 Å². The van der Waals surface area contributed by atoms with Crippen LogP contribution in [0, 0.1) is 6.92 Å². The quantitative estimate of drug-likeness (QED) is 0.544. The number of thiazole rings is 1. The predicted molar refractivity (Wildman–Crippen MR) is 121 cm³/mol. The minimum Gasteiger partial charge on any atom is -0.492 e. The lowest BCUT2D eigenvalue weighted by Gasteiger charge is -2.34. The molecule has 1 fully saturated rings. The SMILES string of the molecule is CCOc1cccc2sc(N3CCN(C(=O)CSc4ccc(C)cc4)CC3)nc12. The number of carbonyl (C=O) groups is 1. The molecule has 2 heterocycles. The summed E-state index contributed by atoms with van der Waals surface area (Å²) in [6.45, 7) is 7.79. The van der Waals surface area contributed by atoms with Crippen LogP contribution < -0.4 is 9.64 Å². The highest BCUT2D eigenvalue weighted by Gasteiger charge is 2.23. The molecular formula is C22H25N3O2S2. The predicted octanol–water partition coefficient (Wildman–Crippen LogP) is 4.44. The number of hydrogen-bond donors (Lipinski definition) is 0. The van der Waals surface area contributed by atoms with Crippen molar-refractivity contribution in [3.63, 3.8) is 0 Å². The molecule has 1 aliphatic rings. The van der Waals surface area contributed by atoms with Gasteiger partial charge in [0.05, 0.1) is 17.1 Å². The number of aromatic nitrogens is 1. The minimum atomic E-state index is 0.207. The summed E-state index contributed by atoms with van der Waals surface area (Å²) in [5.74, 6) is 1.54. The van der Waals surface area contributed by atoms with E-state index in [1.54, 1.807) is 23.1 Å². The second kappa shape index (κ2) is 9.05. The average Bonchev–Trinajstić information content (AvgIpc) is 3.19. The average molecular weight is 428 g/mol. The summed E-state index contributed by atoms with van der Waals surface area (Å²) in [4.78, 5) is 22.8. The van der Waals surface area contributed by atoms with Crippen LogP contribution in [-0.2, 0) is 4.79 Å². The molecule has 0 atom stereocenters. The van der Waals surface area contributed by atoms with Gasteiger partial charge in [0.2, 0.25) is 5.91 Å². The van der Waals surface area contributed by atoms with Crippen molar-refractivity contribution in [2.75, 3.05) is 43.4 Å². The van der Waals surface area contributed by atoms with Gasteiger partial charge in [-0.1, -0.05) is 35.1 Å². The van der Waals surface area contributed by atoms with Gasteiger partial charge in [-0.3, -0.25) is 4.79 Å². The standard InChI is InChI=1S/C22H25N3O2S2/c1-3-27-18-5-4-6-19-21(18)23-22(29-19)25-13-11-24(12-14-25)20(26)15-28-17-9-7-16(2)8-10-17/h4-10H,3,11-15H2,1-2H3. The zero-order valence-electron chi connectivity index (χ0n) is 16.8. The van der Waals surface area contributed by atoms with Gasteiger partial charge in [-0.05, 0) is 38.1 Å². The number of rotatable bonds is 6. The molecule has 0 N–H and O–H groups in total. The fraction of sp³-hybridized carbons (Fsp3) is 0.364. The normalized spacial score (nSPS) is 14.4. The maximum Gasteiger partial charge on any atom is 0.233 e. The van der Waals surface area contributed by atoms with Crippen molar-refractivity contribution in [1.82, 2.24) is 9.88 Å². The van der Waals surface area contributed by atoms with Gasteiger partial charge < -0.3 is 14.5 Å². The third-order valence-electron chi connectivity index (χ3n) is 4.96. The summed E-state index contributed by atoms with van der Waals surface area (Å²) in [5, 5.41) is 1.01. The monoisotopic (exact) mass is 427 g/mol. The number of hydrogen-bond acceptors (Lipinski definition) is 6. The van der Waals surface area contributed by atoms with E-state index in [0.717, 1.165) is 52.2 Å². The number of nitrogens with zero attached hydrogens (tertiary/aromatic N) is 3. The van der Waals surface area contributed by atoms with Crippen molar-refractivity contribution in [3.8, 4) is 5.75 Å². The molecule has 1 amide bonds. The molecule has 5 nitrogen and oxygen atoms in total. The summed E-state index contributed by atoms with van der Waals surface area (Å²) in [6, 6.07) is 14.4. The lowest BCUT2D eigenvalue weighted by Crippen LogP contribution is -2.49. The highest BCUT2D eigenvalue weighted by atomic mass is 32.2. The van der Waals surface area contributed by atoms with E-state index in [9.17, 15) is 4.79 Å². The molecule has 0 aliphatic carbocycles. The van der Waals surface area contributed by atoms with Crippen LogP contribution in [0.3, 0.4) is 0 Å². The Morgan fingerprint density at radius 1 is 1.14 bits per heavy atom. The molecule has 0 radical (unpaired) electrons. The molecule has 1 saturated heterocycles. The van der Waals surface area contributed by atoms with Gasteiger partial charge in [-0.2, -0.15) is 0 Å². The van der Waals surface area contributed by atoms with Gasteiger partial charge in [0.1, 0.15) is 11.3 Å². The molecule has 2 aromatic carbocycles. The first kappa shape index (κ1) is 20.0. The Morgan fingerprint density at radius 3 is 2.62 bits per heavy atom. The Kier molecular flexibility index (Phi) is 6.25. The Balaban J connectivity index is 1.34. The second-order valence-corrected chi connectivity index (χ2v) is 9.06. The molecule has 152 valence electrons. The fourth-order valence-electron chi connectivity index (χ4n) is 3.34. The molecule has 7 heteroatoms. The van der Waals surface area contributed by atoms with Crippen LogP contribution in [0.2, 0.25) is 0 Å². The summed E-state index contributed by atoms with van der Waals surface area (Å²) >= 11 is 3.30. The molecule has 1 aromatic heterocycles. The van der Waals surface area contributed by atoms with Crippen molar-refractivity contribution in [1.29, 1.82) is 0 Å². The number of fused-ring (bicyclic) bond motifs is 1. The maximum atomic E-state index is 12.6. The number of carbonyl (C=O) groups excluding carboxylic acids is 1. The van der Waals surface area contributed by atoms with Gasteiger partial charge >= 0.3 is 0 Å². The summed E-state index contributed by atoms with van der Waals surface area (Å²) in [7, 11) is 0. The highest BCUT2D eigenvalue weighted by molar-refractivity contribution is 8.00. The fourth-order valence-corrected chi connectivity index (χ4v) is 5.17. The molecule has 0 saturated carbocycles. The molecule has 4 rings (SSSR count). The number of anilines is 1. The number of ether oxygens (including phenoxy) is 1. The topological polar surface area (TPSA) is 45.7 Å². The Hall–Kier alpha value is -2.25. The summed E-state index contributed by atoms with van der Waals surface area (Å²) in [5.41, 5.74) is 2.17. The van der Waals surface area contributed by atoms with E-state index >= 15 is 0 Å². The molecule has 1 aliphatic heterocycles. The van der Waals surface area contributed by atoms with Crippen molar-refractivity contribution in [3.05, 3.63) is 48.0 Å². The van der Waals surface area contributed by atoms with Crippen LogP contribution in [0.4, 0.5) is 5.13 Å². The third-order valence-corrected chi connectivity index (χ3v) is 7.03. The smallest absolute Gasteiger partial charge is 0.233 e. The lowest BCUT2D eigenvalue weighted by atomic mass is 10.2. The van der Waals surface area contributed by atoms with E-state index in [0.29, 0.717) is 12.4 Å². The van der Waals surface area contributed by atoms with Crippen molar-refractivity contribution < 1.29 is 9.53 Å². The van der Waals surface area contributed by atoms with E-state index in [2.05, 4.69) is 42.2 Å². The number of para-hydroxylation sites is 1. The number of thioether (sulfide) groups is 1. The molecule has 0 unspecified atom stereocenters. The van der Waals surface area contributed by atoms with E-state index in [1.165, 1.54) is 5.56 Å². The van der Waals surface area contributed by atoms with Crippen molar-refractivity contribution >= 4 is 44.4 Å². The van der Waals surface area contributed by atoms with Gasteiger partial charge in [0.25, 0.3) is 0 Å². The molecular weight excluding hydrogens is 402 g/mol. The first-order valence-electron chi connectivity index (χ1n) is 9.88. The largest absolute Gasteiger partial charge is 0.492 e. The number of benzene rings is 2. The van der Waals surface area contributed by atoms with Crippen LogP contribution in [0.5, 0.6) is 5.75 Å². The lowest BCUT2D eigenvalue weighted by molar-refractivity contribution is -0.128. The Morgan fingerprint density at radius 2 is 1.90 bits per heavy atom. The molecule has 0 spiro atoms. The number of aryl methyl sites for hydroxylation is 1. The van der Waals surface area contributed by atoms with Crippen LogP contribution >= 0.6 is 23.1 Å². The third kappa shape index (κ3) is 4.67. The summed E-state index contributed by atoms with van der Waals surface area (Å²) < 4.78 is 6.85. The van der Waals surface area contributed by atoms with Gasteiger partial charge in [-0.15, -0.1) is 11.8 Å². The first-order valence-corrected chi connectivity index (χ1v) is 11.7. The molecule has 29 heavy (non-hydrogen) atoms. The maximum absolute atomic E-state index is 12.6. The van der Waals surface area contributed by atoms with E-state index in [1.807, 2.05) is 24.0 Å². The Bertz CT molecular complexity index is 979. The Labute approximate surface area is 179 Å². The first-order chi connectivity index (χ1) is 14.1. The number of amides is 1. The van der Waals surface area contributed by atoms with Gasteiger partial charge in [0, 0.05) is 31.1 Å². The molecule has 0 bridgehead atoms. The zero-order chi connectivity index (χ0) is 20.2. The zero-order valence-corrected chi connectivity index (χ0v) is 18.4. The van der Waals surface area contributed by atoms with Crippen molar-refractivity contribution in [2.45, 2.75) is 18.7 Å². The van der Waals surface area contributed by atoms with E-state index < -0.39 is 0 Å². The van der Waals surface area contributed by atoms with Gasteiger partial charge in [-0.25, -0.2) is 4.98 Å².